The largest absolute Gasteiger partial charge is 0.465 e. The first-order valence-electron chi connectivity index (χ1n) is 11.4. The van der Waals surface area contributed by atoms with Gasteiger partial charge in [0.15, 0.2) is 5.75 Å². The summed E-state index contributed by atoms with van der Waals surface area (Å²) in [7, 11) is 0. The van der Waals surface area contributed by atoms with Crippen LogP contribution >= 0.6 is 11.6 Å². The van der Waals surface area contributed by atoms with E-state index in [2.05, 4.69) is 10.6 Å². The van der Waals surface area contributed by atoms with Crippen molar-refractivity contribution in [3.05, 3.63) is 89.4 Å². The van der Waals surface area contributed by atoms with Gasteiger partial charge in [-0.3, -0.25) is 14.4 Å². The lowest BCUT2D eigenvalue weighted by atomic mass is 10.2. The standard InChI is InChI=1S/C27H28ClN3O5/c1-2-35-27(34)17-30-26(33)19-31(18-25(32)29-16-20-9-8-10-21(28)15-20)23-13-6-7-14-24(23)36-22-11-4-3-5-12-22/h3-15H,2,16-19H2,1H3,(H,29,32)(H,30,33). The molecule has 2 N–H and O–H groups in total. The zero-order valence-corrected chi connectivity index (χ0v) is 20.7. The summed E-state index contributed by atoms with van der Waals surface area (Å²) in [5, 5.41) is 5.96. The summed E-state index contributed by atoms with van der Waals surface area (Å²) in [5.41, 5.74) is 1.40. The van der Waals surface area contributed by atoms with Crippen molar-refractivity contribution in [2.75, 3.05) is 31.1 Å². The summed E-state index contributed by atoms with van der Waals surface area (Å²) in [6.07, 6.45) is 0. The van der Waals surface area contributed by atoms with Crippen molar-refractivity contribution >= 4 is 35.1 Å². The SMILES string of the molecule is CCOC(=O)CNC(=O)CN(CC(=O)NCc1cccc(Cl)c1)c1ccccc1Oc1ccccc1. The molecule has 0 atom stereocenters. The summed E-state index contributed by atoms with van der Waals surface area (Å²) in [6, 6.07) is 23.5. The van der Waals surface area contributed by atoms with Gasteiger partial charge in [0.2, 0.25) is 11.8 Å². The van der Waals surface area contributed by atoms with Crippen molar-refractivity contribution in [2.24, 2.45) is 0 Å². The van der Waals surface area contributed by atoms with Crippen LogP contribution in [-0.4, -0.2) is 44.0 Å². The Morgan fingerprint density at radius 3 is 2.28 bits per heavy atom. The Morgan fingerprint density at radius 1 is 0.861 bits per heavy atom. The number of carbonyl (C=O) groups is 3. The number of benzene rings is 3. The van der Waals surface area contributed by atoms with E-state index in [0.29, 0.717) is 22.2 Å². The highest BCUT2D eigenvalue weighted by atomic mass is 35.5. The van der Waals surface area contributed by atoms with Gasteiger partial charge in [0.05, 0.1) is 25.4 Å². The van der Waals surface area contributed by atoms with Crippen LogP contribution in [-0.2, 0) is 25.7 Å². The number of amides is 2. The monoisotopic (exact) mass is 509 g/mol. The van der Waals surface area contributed by atoms with Crippen LogP contribution in [0.2, 0.25) is 5.02 Å². The third-order valence-electron chi connectivity index (χ3n) is 4.96. The maximum atomic E-state index is 12.9. The van der Waals surface area contributed by atoms with Crippen LogP contribution < -0.4 is 20.3 Å². The van der Waals surface area contributed by atoms with Crippen molar-refractivity contribution < 1.29 is 23.9 Å². The highest BCUT2D eigenvalue weighted by Gasteiger charge is 2.20. The van der Waals surface area contributed by atoms with Crippen molar-refractivity contribution in [3.8, 4) is 11.5 Å². The number of ether oxygens (including phenoxy) is 2. The summed E-state index contributed by atoms with van der Waals surface area (Å²) < 4.78 is 10.9. The number of hydrogen-bond donors (Lipinski definition) is 2. The fourth-order valence-electron chi connectivity index (χ4n) is 3.34. The summed E-state index contributed by atoms with van der Waals surface area (Å²) in [6.45, 7) is 1.63. The van der Waals surface area contributed by atoms with Gasteiger partial charge in [0.25, 0.3) is 0 Å². The Labute approximate surface area is 215 Å². The maximum absolute atomic E-state index is 12.9. The highest BCUT2D eigenvalue weighted by molar-refractivity contribution is 6.30. The van der Waals surface area contributed by atoms with Crippen molar-refractivity contribution in [3.63, 3.8) is 0 Å². The van der Waals surface area contributed by atoms with Crippen LogP contribution in [0.15, 0.2) is 78.9 Å². The Bertz CT molecular complexity index is 1170. The summed E-state index contributed by atoms with van der Waals surface area (Å²) >= 11 is 6.03. The second-order valence-electron chi connectivity index (χ2n) is 7.73. The molecule has 0 aromatic heterocycles. The van der Waals surface area contributed by atoms with E-state index < -0.39 is 11.9 Å². The lowest BCUT2D eigenvalue weighted by Crippen LogP contribution is -2.44. The molecule has 0 aliphatic carbocycles. The molecule has 9 heteroatoms. The van der Waals surface area contributed by atoms with E-state index in [1.165, 1.54) is 0 Å². The minimum atomic E-state index is -0.538. The molecule has 0 saturated heterocycles. The van der Waals surface area contributed by atoms with Crippen LogP contribution in [0.3, 0.4) is 0 Å². The van der Waals surface area contributed by atoms with E-state index in [0.717, 1.165) is 5.56 Å². The number of para-hydroxylation sites is 3. The number of rotatable bonds is 12. The fourth-order valence-corrected chi connectivity index (χ4v) is 3.55. The Kier molecular flexibility index (Phi) is 10.1. The number of halogens is 1. The van der Waals surface area contributed by atoms with E-state index in [4.69, 9.17) is 21.1 Å². The molecule has 2 amide bonds. The molecular weight excluding hydrogens is 482 g/mol. The van der Waals surface area contributed by atoms with Gasteiger partial charge in [0, 0.05) is 11.6 Å². The van der Waals surface area contributed by atoms with E-state index in [9.17, 15) is 14.4 Å². The summed E-state index contributed by atoms with van der Waals surface area (Å²) in [5.74, 6) is -0.195. The van der Waals surface area contributed by atoms with E-state index in [-0.39, 0.29) is 38.7 Å². The molecular formula is C27H28ClN3O5. The van der Waals surface area contributed by atoms with Gasteiger partial charge in [-0.1, -0.05) is 54.1 Å². The van der Waals surface area contributed by atoms with Crippen LogP contribution in [0.5, 0.6) is 11.5 Å². The first-order valence-corrected chi connectivity index (χ1v) is 11.8. The van der Waals surface area contributed by atoms with Gasteiger partial charge in [-0.15, -0.1) is 0 Å². The predicted molar refractivity (Wildman–Crippen MR) is 138 cm³/mol. The predicted octanol–water partition coefficient (Wildman–Crippen LogP) is 3.93. The molecule has 0 aliphatic rings. The van der Waals surface area contributed by atoms with Crippen molar-refractivity contribution in [2.45, 2.75) is 13.5 Å². The number of nitrogens with one attached hydrogen (secondary N) is 2. The van der Waals surface area contributed by atoms with E-state index >= 15 is 0 Å². The molecule has 0 spiro atoms. The third kappa shape index (κ3) is 8.63. The minimum Gasteiger partial charge on any atom is -0.465 e. The van der Waals surface area contributed by atoms with Gasteiger partial charge >= 0.3 is 5.97 Å². The normalized spacial score (nSPS) is 10.3. The molecule has 8 nitrogen and oxygen atoms in total. The van der Waals surface area contributed by atoms with Crippen LogP contribution in [0, 0.1) is 0 Å². The van der Waals surface area contributed by atoms with E-state index in [1.807, 2.05) is 36.4 Å². The highest BCUT2D eigenvalue weighted by Crippen LogP contribution is 2.32. The maximum Gasteiger partial charge on any atom is 0.325 e. The molecule has 3 aromatic carbocycles. The van der Waals surface area contributed by atoms with Crippen LogP contribution in [0.4, 0.5) is 5.69 Å². The topological polar surface area (TPSA) is 97.0 Å². The average molecular weight is 510 g/mol. The molecule has 0 saturated carbocycles. The van der Waals surface area contributed by atoms with Gasteiger partial charge < -0.3 is 25.0 Å². The Morgan fingerprint density at radius 2 is 1.56 bits per heavy atom. The lowest BCUT2D eigenvalue weighted by Gasteiger charge is -2.26. The zero-order chi connectivity index (χ0) is 25.8. The second kappa shape index (κ2) is 13.7. The van der Waals surface area contributed by atoms with Gasteiger partial charge in [-0.2, -0.15) is 0 Å². The fraction of sp³-hybridized carbons (Fsp3) is 0.222. The Balaban J connectivity index is 1.75. The minimum absolute atomic E-state index is 0.122. The van der Waals surface area contributed by atoms with Gasteiger partial charge in [-0.05, 0) is 48.9 Å². The molecule has 0 unspecified atom stereocenters. The number of carbonyl (C=O) groups excluding carboxylic acids is 3. The second-order valence-corrected chi connectivity index (χ2v) is 8.16. The van der Waals surface area contributed by atoms with Crippen molar-refractivity contribution in [1.82, 2.24) is 10.6 Å². The molecule has 3 aromatic rings. The van der Waals surface area contributed by atoms with Gasteiger partial charge in [0.1, 0.15) is 12.3 Å². The molecule has 36 heavy (non-hydrogen) atoms. The first-order chi connectivity index (χ1) is 17.4. The quantitative estimate of drug-likeness (QED) is 0.359. The molecule has 3 rings (SSSR count). The number of hydrogen-bond acceptors (Lipinski definition) is 6. The van der Waals surface area contributed by atoms with Crippen LogP contribution in [0.25, 0.3) is 0 Å². The number of anilines is 1. The smallest absolute Gasteiger partial charge is 0.325 e. The number of esters is 1. The number of nitrogens with zero attached hydrogens (tertiary/aromatic N) is 1. The molecule has 188 valence electrons. The molecule has 0 radical (unpaired) electrons. The molecule has 0 aliphatic heterocycles. The summed E-state index contributed by atoms with van der Waals surface area (Å²) in [4.78, 5) is 38.7. The average Bonchev–Trinajstić information content (AvgIpc) is 2.87. The lowest BCUT2D eigenvalue weighted by molar-refractivity contribution is -0.143. The van der Waals surface area contributed by atoms with Crippen LogP contribution in [0.1, 0.15) is 12.5 Å². The first kappa shape index (κ1) is 26.6. The molecule has 0 fully saturated rings. The molecule has 0 bridgehead atoms. The Hall–Kier alpha value is -4.04. The van der Waals surface area contributed by atoms with E-state index in [1.54, 1.807) is 54.3 Å². The zero-order valence-electron chi connectivity index (χ0n) is 19.9. The third-order valence-corrected chi connectivity index (χ3v) is 5.19. The van der Waals surface area contributed by atoms with Crippen molar-refractivity contribution in [1.29, 1.82) is 0 Å². The molecule has 0 heterocycles. The van der Waals surface area contributed by atoms with Gasteiger partial charge in [-0.25, -0.2) is 0 Å².